The predicted molar refractivity (Wildman–Crippen MR) is 116 cm³/mol. The van der Waals surface area contributed by atoms with Crippen molar-refractivity contribution in [2.75, 3.05) is 0 Å². The number of rotatable bonds is 6. The lowest BCUT2D eigenvalue weighted by atomic mass is 9.70. The second-order valence-electron chi connectivity index (χ2n) is 9.54. The molecule has 2 N–H and O–H groups in total. The Morgan fingerprint density at radius 2 is 1.72 bits per heavy atom. The van der Waals surface area contributed by atoms with Crippen LogP contribution in [-0.2, 0) is 14.3 Å². The summed E-state index contributed by atoms with van der Waals surface area (Å²) in [6, 6.07) is 0. The van der Waals surface area contributed by atoms with Gasteiger partial charge in [0.1, 0.15) is 0 Å². The maximum Gasteiger partial charge on any atom is 0.306 e. The van der Waals surface area contributed by atoms with Crippen LogP contribution in [0.3, 0.4) is 0 Å². The number of aliphatic hydroxyl groups excluding tert-OH is 2. The fourth-order valence-electron chi connectivity index (χ4n) is 5.03. The molecule has 1 heterocycles. The van der Waals surface area contributed by atoms with Gasteiger partial charge in [0.2, 0.25) is 0 Å². The van der Waals surface area contributed by atoms with Gasteiger partial charge in [-0.05, 0) is 49.4 Å². The highest BCUT2D eigenvalue weighted by atomic mass is 16.6. The highest BCUT2D eigenvalue weighted by Crippen LogP contribution is 2.40. The summed E-state index contributed by atoms with van der Waals surface area (Å²) in [5.74, 6) is 0.853. The van der Waals surface area contributed by atoms with Crippen LogP contribution in [0.15, 0.2) is 0 Å². The lowest BCUT2D eigenvalue weighted by molar-refractivity contribution is -0.221. The Morgan fingerprint density at radius 3 is 2.24 bits per heavy atom. The van der Waals surface area contributed by atoms with Crippen molar-refractivity contribution in [1.29, 1.82) is 0 Å². The number of hydrogen-bond acceptors (Lipinski definition) is 5. The van der Waals surface area contributed by atoms with Gasteiger partial charge in [0.25, 0.3) is 0 Å². The Bertz CT molecular complexity index is 468. The van der Waals surface area contributed by atoms with E-state index >= 15 is 0 Å². The third-order valence-electron chi connectivity index (χ3n) is 6.57. The SMILES string of the molecule is CC.CCC1OC(CC2C(C)CC(C)CC2O)C(OC(=O)CC(C)C)C(O)C1C. The van der Waals surface area contributed by atoms with Crippen LogP contribution in [0, 0.1) is 29.6 Å². The Morgan fingerprint density at radius 1 is 1.10 bits per heavy atom. The van der Waals surface area contributed by atoms with Gasteiger partial charge in [-0.2, -0.15) is 0 Å². The topological polar surface area (TPSA) is 76.0 Å². The molecule has 2 aliphatic rings. The number of ether oxygens (including phenoxy) is 2. The van der Waals surface area contributed by atoms with Crippen molar-refractivity contribution < 1.29 is 24.5 Å². The molecule has 1 saturated heterocycles. The van der Waals surface area contributed by atoms with E-state index in [2.05, 4.69) is 20.8 Å². The van der Waals surface area contributed by atoms with E-state index in [4.69, 9.17) is 9.47 Å². The molecule has 0 amide bonds. The molecule has 9 unspecified atom stereocenters. The normalized spacial score (nSPS) is 40.2. The lowest BCUT2D eigenvalue weighted by Crippen LogP contribution is -2.56. The van der Waals surface area contributed by atoms with Crippen molar-refractivity contribution in [1.82, 2.24) is 0 Å². The minimum absolute atomic E-state index is 0.0555. The quantitative estimate of drug-likeness (QED) is 0.622. The van der Waals surface area contributed by atoms with E-state index < -0.39 is 12.2 Å². The van der Waals surface area contributed by atoms with Crippen molar-refractivity contribution in [3.63, 3.8) is 0 Å². The van der Waals surface area contributed by atoms with Crippen molar-refractivity contribution in [3.05, 3.63) is 0 Å². The standard InChI is InChI=1S/C22H40O5.C2H6/c1-7-18-15(6)21(25)22(27-20(24)8-12(2)3)19(26-18)11-16-14(5)9-13(4)10-17(16)23;1-2/h12-19,21-23,25H,7-11H2,1-6H3;1-2H3. The van der Waals surface area contributed by atoms with E-state index in [1.807, 2.05) is 34.6 Å². The third-order valence-corrected chi connectivity index (χ3v) is 6.57. The monoisotopic (exact) mass is 414 g/mol. The number of esters is 1. The fraction of sp³-hybridized carbons (Fsp3) is 0.958. The maximum atomic E-state index is 12.3. The molecular formula is C24H46O5. The van der Waals surface area contributed by atoms with Crippen molar-refractivity contribution in [2.45, 2.75) is 118 Å². The number of carbonyl (C=O) groups is 1. The van der Waals surface area contributed by atoms with Crippen molar-refractivity contribution >= 4 is 5.97 Å². The van der Waals surface area contributed by atoms with Crippen molar-refractivity contribution in [2.24, 2.45) is 29.6 Å². The van der Waals surface area contributed by atoms with Crippen LogP contribution < -0.4 is 0 Å². The van der Waals surface area contributed by atoms with E-state index in [1.165, 1.54) is 0 Å². The number of carbonyl (C=O) groups excluding carboxylic acids is 1. The molecule has 5 nitrogen and oxygen atoms in total. The molecule has 0 radical (unpaired) electrons. The first-order valence-electron chi connectivity index (χ1n) is 11.8. The van der Waals surface area contributed by atoms with Crippen LogP contribution in [0.2, 0.25) is 0 Å². The number of aliphatic hydroxyl groups is 2. The molecule has 0 spiro atoms. The van der Waals surface area contributed by atoms with Gasteiger partial charge >= 0.3 is 5.97 Å². The van der Waals surface area contributed by atoms with E-state index in [1.54, 1.807) is 0 Å². The molecule has 1 saturated carbocycles. The molecule has 29 heavy (non-hydrogen) atoms. The molecule has 1 aliphatic carbocycles. The largest absolute Gasteiger partial charge is 0.457 e. The van der Waals surface area contributed by atoms with Gasteiger partial charge in [-0.3, -0.25) is 4.79 Å². The summed E-state index contributed by atoms with van der Waals surface area (Å²) in [6.45, 7) is 16.3. The van der Waals surface area contributed by atoms with Crippen molar-refractivity contribution in [3.8, 4) is 0 Å². The molecule has 0 bridgehead atoms. The third kappa shape index (κ3) is 7.22. The van der Waals surface area contributed by atoms with Crippen LogP contribution in [0.1, 0.15) is 87.5 Å². The first-order chi connectivity index (χ1) is 13.6. The molecular weight excluding hydrogens is 368 g/mol. The minimum Gasteiger partial charge on any atom is -0.457 e. The highest BCUT2D eigenvalue weighted by Gasteiger charge is 2.47. The zero-order chi connectivity index (χ0) is 22.3. The summed E-state index contributed by atoms with van der Waals surface area (Å²) < 4.78 is 12.0. The molecule has 0 aromatic rings. The first-order valence-corrected chi connectivity index (χ1v) is 11.8. The molecule has 5 heteroatoms. The second-order valence-corrected chi connectivity index (χ2v) is 9.54. The Kier molecular flexibility index (Phi) is 11.2. The minimum atomic E-state index is -0.736. The summed E-state index contributed by atoms with van der Waals surface area (Å²) in [7, 11) is 0. The van der Waals surface area contributed by atoms with Gasteiger partial charge in [-0.1, -0.05) is 55.4 Å². The van der Waals surface area contributed by atoms with Gasteiger partial charge < -0.3 is 19.7 Å². The lowest BCUT2D eigenvalue weighted by Gasteiger charge is -2.46. The van der Waals surface area contributed by atoms with Crippen LogP contribution in [-0.4, -0.2) is 46.7 Å². The summed E-state index contributed by atoms with van der Waals surface area (Å²) in [6.07, 6.45) is 1.46. The van der Waals surface area contributed by atoms with Crippen LogP contribution in [0.4, 0.5) is 0 Å². The van der Waals surface area contributed by atoms with Gasteiger partial charge in [0, 0.05) is 12.3 Å². The van der Waals surface area contributed by atoms with Gasteiger partial charge in [0.05, 0.1) is 24.4 Å². The van der Waals surface area contributed by atoms with E-state index in [-0.39, 0.29) is 42.0 Å². The summed E-state index contributed by atoms with van der Waals surface area (Å²) >= 11 is 0. The summed E-state index contributed by atoms with van der Waals surface area (Å²) in [5, 5.41) is 21.5. The summed E-state index contributed by atoms with van der Waals surface area (Å²) in [4.78, 5) is 12.3. The average Bonchev–Trinajstić information content (AvgIpc) is 2.64. The van der Waals surface area contributed by atoms with Crippen LogP contribution in [0.25, 0.3) is 0 Å². The fourth-order valence-corrected chi connectivity index (χ4v) is 5.03. The zero-order valence-electron chi connectivity index (χ0n) is 19.9. The molecule has 9 atom stereocenters. The number of hydrogen-bond donors (Lipinski definition) is 2. The van der Waals surface area contributed by atoms with Crippen LogP contribution >= 0.6 is 0 Å². The molecule has 0 aromatic heterocycles. The molecule has 1 aliphatic heterocycles. The second kappa shape index (κ2) is 12.3. The molecule has 172 valence electrons. The van der Waals surface area contributed by atoms with Gasteiger partial charge in [-0.25, -0.2) is 0 Å². The maximum absolute atomic E-state index is 12.3. The first kappa shape index (κ1) is 26.4. The van der Waals surface area contributed by atoms with Crippen LogP contribution in [0.5, 0.6) is 0 Å². The highest BCUT2D eigenvalue weighted by molar-refractivity contribution is 5.69. The molecule has 0 aromatic carbocycles. The Labute approximate surface area is 178 Å². The molecule has 2 rings (SSSR count). The van der Waals surface area contributed by atoms with Gasteiger partial charge in [-0.15, -0.1) is 0 Å². The Balaban J connectivity index is 0.00000204. The van der Waals surface area contributed by atoms with E-state index in [9.17, 15) is 15.0 Å². The van der Waals surface area contributed by atoms with Gasteiger partial charge in [0.15, 0.2) is 6.10 Å². The zero-order valence-corrected chi connectivity index (χ0v) is 19.9. The average molecular weight is 415 g/mol. The summed E-state index contributed by atoms with van der Waals surface area (Å²) in [5.41, 5.74) is 0. The Hall–Kier alpha value is -0.650. The molecule has 2 fully saturated rings. The smallest absolute Gasteiger partial charge is 0.306 e. The predicted octanol–water partition coefficient (Wildman–Crippen LogP) is 4.58. The van der Waals surface area contributed by atoms with E-state index in [0.717, 1.165) is 19.3 Å². The van der Waals surface area contributed by atoms with E-state index in [0.29, 0.717) is 24.7 Å².